The van der Waals surface area contributed by atoms with E-state index in [0.717, 1.165) is 36.5 Å². The number of hydrogen-bond donors (Lipinski definition) is 1. The predicted octanol–water partition coefficient (Wildman–Crippen LogP) is 4.03. The minimum atomic E-state index is 0.124. The van der Waals surface area contributed by atoms with E-state index in [4.69, 9.17) is 11.6 Å². The highest BCUT2D eigenvalue weighted by Crippen LogP contribution is 2.26. The summed E-state index contributed by atoms with van der Waals surface area (Å²) in [7, 11) is 0. The molecule has 0 heterocycles. The molecule has 1 aromatic carbocycles. The second kappa shape index (κ2) is 9.80. The fourth-order valence-electron chi connectivity index (χ4n) is 2.48. The molecule has 1 rings (SSSR count). The summed E-state index contributed by atoms with van der Waals surface area (Å²) in [5, 5.41) is 3.81. The molecule has 0 bridgehead atoms. The van der Waals surface area contributed by atoms with Gasteiger partial charge >= 0.3 is 0 Å². The molecule has 0 aliphatic carbocycles. The number of halogens is 1. The largest absolute Gasteiger partial charge is 0.354 e. The van der Waals surface area contributed by atoms with Crippen LogP contribution in [0.25, 0.3) is 0 Å². The molecule has 0 radical (unpaired) electrons. The third-order valence-electron chi connectivity index (χ3n) is 3.77. The normalized spacial score (nSPS) is 12.4. The molecule has 118 valence electrons. The molecule has 3 nitrogen and oxygen atoms in total. The van der Waals surface area contributed by atoms with Gasteiger partial charge in [-0.05, 0) is 31.1 Å². The van der Waals surface area contributed by atoms with Gasteiger partial charge in [0, 0.05) is 18.0 Å². The lowest BCUT2D eigenvalue weighted by atomic mass is 10.0. The Morgan fingerprint density at radius 2 is 1.90 bits per heavy atom. The molecule has 0 unspecified atom stereocenters. The van der Waals surface area contributed by atoms with Gasteiger partial charge < -0.3 is 5.32 Å². The second-order valence-electron chi connectivity index (χ2n) is 5.17. The summed E-state index contributed by atoms with van der Waals surface area (Å²) in [5.41, 5.74) is 1.08. The Bertz CT molecular complexity index is 433. The number of carbonyl (C=O) groups excluding carboxylic acids is 1. The van der Waals surface area contributed by atoms with Crippen LogP contribution in [0, 0.1) is 0 Å². The standard InChI is InChI=1S/C17H27ClN2O/c1-4-7-12-17(21)19-13-16(20(5-2)6-3)14-10-8-9-11-15(14)18/h8-11,16H,4-7,12-13H2,1-3H3,(H,19,21)/t16-/m0/s1. The van der Waals surface area contributed by atoms with E-state index in [1.54, 1.807) is 0 Å². The van der Waals surface area contributed by atoms with Crippen LogP contribution in [0.2, 0.25) is 5.02 Å². The molecule has 0 spiro atoms. The number of hydrogen-bond acceptors (Lipinski definition) is 2. The minimum absolute atomic E-state index is 0.124. The molecule has 4 heteroatoms. The molecule has 1 N–H and O–H groups in total. The fourth-order valence-corrected chi connectivity index (χ4v) is 2.74. The Hall–Kier alpha value is -1.06. The van der Waals surface area contributed by atoms with Crippen LogP contribution in [0.5, 0.6) is 0 Å². The number of rotatable bonds is 9. The maximum absolute atomic E-state index is 11.9. The van der Waals surface area contributed by atoms with Crippen molar-refractivity contribution in [1.29, 1.82) is 0 Å². The van der Waals surface area contributed by atoms with Crippen LogP contribution in [0.1, 0.15) is 51.6 Å². The van der Waals surface area contributed by atoms with Gasteiger partial charge in [-0.25, -0.2) is 0 Å². The Balaban J connectivity index is 2.79. The van der Waals surface area contributed by atoms with Gasteiger partial charge in [0.2, 0.25) is 5.91 Å². The summed E-state index contributed by atoms with van der Waals surface area (Å²) in [6.07, 6.45) is 2.58. The van der Waals surface area contributed by atoms with E-state index in [2.05, 4.69) is 31.0 Å². The third kappa shape index (κ3) is 5.68. The number of benzene rings is 1. The molecule has 1 amide bonds. The van der Waals surface area contributed by atoms with E-state index in [9.17, 15) is 4.79 Å². The number of likely N-dealkylation sites (N-methyl/N-ethyl adjacent to an activating group) is 1. The minimum Gasteiger partial charge on any atom is -0.354 e. The second-order valence-corrected chi connectivity index (χ2v) is 5.57. The van der Waals surface area contributed by atoms with Crippen molar-refractivity contribution in [2.75, 3.05) is 19.6 Å². The van der Waals surface area contributed by atoms with E-state index in [-0.39, 0.29) is 11.9 Å². The highest BCUT2D eigenvalue weighted by atomic mass is 35.5. The average molecular weight is 311 g/mol. The van der Waals surface area contributed by atoms with E-state index in [1.165, 1.54) is 0 Å². The first-order valence-electron chi connectivity index (χ1n) is 7.89. The summed E-state index contributed by atoms with van der Waals surface area (Å²) < 4.78 is 0. The number of unbranched alkanes of at least 4 members (excludes halogenated alkanes) is 1. The molecule has 1 aromatic rings. The van der Waals surface area contributed by atoms with Crippen molar-refractivity contribution >= 4 is 17.5 Å². The van der Waals surface area contributed by atoms with Crippen LogP contribution < -0.4 is 5.32 Å². The van der Waals surface area contributed by atoms with Crippen molar-refractivity contribution < 1.29 is 4.79 Å². The zero-order chi connectivity index (χ0) is 15.7. The summed E-state index contributed by atoms with van der Waals surface area (Å²) in [6.45, 7) is 8.82. The van der Waals surface area contributed by atoms with Crippen LogP contribution in [0.15, 0.2) is 24.3 Å². The molecule has 1 atom stereocenters. The molecule has 0 aromatic heterocycles. The molecule has 21 heavy (non-hydrogen) atoms. The lowest BCUT2D eigenvalue weighted by Gasteiger charge is -2.31. The Morgan fingerprint density at radius 3 is 2.48 bits per heavy atom. The average Bonchev–Trinajstić information content (AvgIpc) is 2.50. The summed E-state index contributed by atoms with van der Waals surface area (Å²) >= 11 is 6.34. The molecular formula is C17H27ClN2O. The van der Waals surface area contributed by atoms with E-state index >= 15 is 0 Å². The molecule has 0 fully saturated rings. The summed E-state index contributed by atoms with van der Waals surface area (Å²) in [5.74, 6) is 0.126. The van der Waals surface area contributed by atoms with Crippen LogP contribution >= 0.6 is 11.6 Å². The Labute approximate surface area is 133 Å². The first kappa shape index (κ1) is 18.0. The fraction of sp³-hybridized carbons (Fsp3) is 0.588. The number of carbonyl (C=O) groups is 1. The molecule has 0 saturated heterocycles. The van der Waals surface area contributed by atoms with Crippen LogP contribution in [-0.4, -0.2) is 30.4 Å². The van der Waals surface area contributed by atoms with Crippen molar-refractivity contribution in [2.45, 2.75) is 46.1 Å². The Morgan fingerprint density at radius 1 is 1.24 bits per heavy atom. The van der Waals surface area contributed by atoms with Crippen LogP contribution in [-0.2, 0) is 4.79 Å². The number of amides is 1. The first-order valence-corrected chi connectivity index (χ1v) is 8.26. The van der Waals surface area contributed by atoms with Crippen molar-refractivity contribution in [3.63, 3.8) is 0 Å². The van der Waals surface area contributed by atoms with Gasteiger partial charge in [0.1, 0.15) is 0 Å². The van der Waals surface area contributed by atoms with Gasteiger partial charge in [-0.2, -0.15) is 0 Å². The Kier molecular flexibility index (Phi) is 8.40. The van der Waals surface area contributed by atoms with Crippen molar-refractivity contribution in [3.8, 4) is 0 Å². The lowest BCUT2D eigenvalue weighted by Crippen LogP contribution is -2.38. The topological polar surface area (TPSA) is 32.3 Å². The van der Waals surface area contributed by atoms with Crippen molar-refractivity contribution in [1.82, 2.24) is 10.2 Å². The van der Waals surface area contributed by atoms with Crippen molar-refractivity contribution in [3.05, 3.63) is 34.9 Å². The highest BCUT2D eigenvalue weighted by Gasteiger charge is 2.20. The molecular weight excluding hydrogens is 284 g/mol. The maximum Gasteiger partial charge on any atom is 0.220 e. The smallest absolute Gasteiger partial charge is 0.220 e. The predicted molar refractivity (Wildman–Crippen MR) is 89.6 cm³/mol. The maximum atomic E-state index is 11.9. The number of nitrogens with zero attached hydrogens (tertiary/aromatic N) is 1. The van der Waals surface area contributed by atoms with Gasteiger partial charge in [-0.3, -0.25) is 9.69 Å². The summed E-state index contributed by atoms with van der Waals surface area (Å²) in [4.78, 5) is 14.2. The van der Waals surface area contributed by atoms with Crippen molar-refractivity contribution in [2.24, 2.45) is 0 Å². The van der Waals surface area contributed by atoms with Crippen LogP contribution in [0.3, 0.4) is 0 Å². The van der Waals surface area contributed by atoms with E-state index in [1.807, 2.05) is 24.3 Å². The van der Waals surface area contributed by atoms with Gasteiger partial charge in [0.05, 0.1) is 6.04 Å². The third-order valence-corrected chi connectivity index (χ3v) is 4.11. The van der Waals surface area contributed by atoms with Gasteiger partial charge in [0.15, 0.2) is 0 Å². The van der Waals surface area contributed by atoms with E-state index in [0.29, 0.717) is 13.0 Å². The van der Waals surface area contributed by atoms with Gasteiger partial charge in [0.25, 0.3) is 0 Å². The number of nitrogens with one attached hydrogen (secondary N) is 1. The first-order chi connectivity index (χ1) is 10.1. The quantitative estimate of drug-likeness (QED) is 0.747. The monoisotopic (exact) mass is 310 g/mol. The molecule has 0 saturated carbocycles. The summed E-state index contributed by atoms with van der Waals surface area (Å²) in [6, 6.07) is 8.01. The van der Waals surface area contributed by atoms with Gasteiger partial charge in [-0.1, -0.05) is 57.0 Å². The van der Waals surface area contributed by atoms with Gasteiger partial charge in [-0.15, -0.1) is 0 Å². The molecule has 0 aliphatic rings. The zero-order valence-corrected chi connectivity index (χ0v) is 14.1. The zero-order valence-electron chi connectivity index (χ0n) is 13.4. The lowest BCUT2D eigenvalue weighted by molar-refractivity contribution is -0.121. The SMILES string of the molecule is CCCCC(=O)NC[C@@H](c1ccccc1Cl)N(CC)CC. The van der Waals surface area contributed by atoms with Crippen LogP contribution in [0.4, 0.5) is 0 Å². The van der Waals surface area contributed by atoms with E-state index < -0.39 is 0 Å². The molecule has 0 aliphatic heterocycles. The highest BCUT2D eigenvalue weighted by molar-refractivity contribution is 6.31.